The molecule has 0 atom stereocenters. The number of hydrogen-bond donors (Lipinski definition) is 2. The molecule has 0 aliphatic rings. The van der Waals surface area contributed by atoms with E-state index in [0.717, 1.165) is 0 Å². The second kappa shape index (κ2) is 13.6. The van der Waals surface area contributed by atoms with Crippen LogP contribution in [0, 0.1) is 0 Å². The van der Waals surface area contributed by atoms with Gasteiger partial charge in [0.25, 0.3) is 0 Å². The van der Waals surface area contributed by atoms with Crippen molar-refractivity contribution in [2.45, 2.75) is 0 Å². The highest BCUT2D eigenvalue weighted by Gasteiger charge is 1.88. The average molecular weight is 234 g/mol. The predicted octanol–water partition coefficient (Wildman–Crippen LogP) is 0.0674. The van der Waals surface area contributed by atoms with Crippen LogP contribution in [-0.4, -0.2) is 74.2 Å². The van der Waals surface area contributed by atoms with E-state index in [-0.39, 0.29) is 0 Å². The van der Waals surface area contributed by atoms with Crippen LogP contribution in [-0.2, 0) is 9.59 Å². The Morgan fingerprint density at radius 2 is 0.875 bits per heavy atom. The van der Waals surface area contributed by atoms with Crippen LogP contribution < -0.4 is 0 Å². The van der Waals surface area contributed by atoms with Gasteiger partial charge >= 0.3 is 11.9 Å². The molecule has 0 aromatic carbocycles. The lowest BCUT2D eigenvalue weighted by molar-refractivity contribution is -0.134. The summed E-state index contributed by atoms with van der Waals surface area (Å²) >= 11 is 0. The Morgan fingerprint density at radius 1 is 0.750 bits per heavy atom. The standard InChI is InChI=1S/C4H4O4.2C3H9N/c5-3(6)1-2-4(7)8;2*1-4(2)3/h1-2H,(H,5,6)(H,7,8);2*1-3H3. The number of rotatable bonds is 2. The molecular formula is C10H22N2O4. The van der Waals surface area contributed by atoms with Gasteiger partial charge in [-0.3, -0.25) is 0 Å². The van der Waals surface area contributed by atoms with Crippen molar-refractivity contribution in [2.75, 3.05) is 42.3 Å². The van der Waals surface area contributed by atoms with Crippen LogP contribution in [0.3, 0.4) is 0 Å². The van der Waals surface area contributed by atoms with E-state index in [0.29, 0.717) is 12.2 Å². The van der Waals surface area contributed by atoms with E-state index < -0.39 is 11.9 Å². The second-order valence-corrected chi connectivity index (χ2v) is 3.69. The molecule has 0 bridgehead atoms. The van der Waals surface area contributed by atoms with Crippen LogP contribution in [0.4, 0.5) is 0 Å². The highest BCUT2D eigenvalue weighted by atomic mass is 16.4. The Labute approximate surface area is 96.8 Å². The molecule has 0 amide bonds. The molecule has 0 aliphatic heterocycles. The fraction of sp³-hybridized carbons (Fsp3) is 0.600. The lowest BCUT2D eigenvalue weighted by Crippen LogP contribution is -1.99. The Bertz CT molecular complexity index is 185. The van der Waals surface area contributed by atoms with Crippen molar-refractivity contribution in [1.82, 2.24) is 9.80 Å². The van der Waals surface area contributed by atoms with Crippen molar-refractivity contribution in [3.63, 3.8) is 0 Å². The first-order valence-electron chi connectivity index (χ1n) is 4.45. The molecule has 0 heterocycles. The molecular weight excluding hydrogens is 212 g/mol. The summed E-state index contributed by atoms with van der Waals surface area (Å²) in [5, 5.41) is 15.6. The molecule has 2 N–H and O–H groups in total. The van der Waals surface area contributed by atoms with Crippen molar-refractivity contribution >= 4 is 11.9 Å². The predicted molar refractivity (Wildman–Crippen MR) is 63.6 cm³/mol. The molecule has 0 aliphatic carbocycles. The SMILES string of the molecule is CN(C)C.CN(C)C.O=C(O)C=CC(=O)O. The van der Waals surface area contributed by atoms with Gasteiger partial charge in [0.15, 0.2) is 0 Å². The van der Waals surface area contributed by atoms with Crippen LogP contribution in [0.15, 0.2) is 12.2 Å². The molecule has 0 spiro atoms. The van der Waals surface area contributed by atoms with E-state index in [1.165, 1.54) is 0 Å². The minimum atomic E-state index is -1.26. The molecule has 16 heavy (non-hydrogen) atoms. The van der Waals surface area contributed by atoms with Crippen molar-refractivity contribution < 1.29 is 19.8 Å². The number of aliphatic carboxylic acids is 2. The van der Waals surface area contributed by atoms with Gasteiger partial charge in [0, 0.05) is 12.2 Å². The molecule has 96 valence electrons. The number of carboxylic acid groups (broad SMARTS) is 2. The summed E-state index contributed by atoms with van der Waals surface area (Å²) in [5.41, 5.74) is 0. The first kappa shape index (κ1) is 20.1. The Hall–Kier alpha value is -1.40. The largest absolute Gasteiger partial charge is 0.478 e. The maximum Gasteiger partial charge on any atom is 0.328 e. The lowest BCUT2D eigenvalue weighted by Gasteiger charge is -1.90. The first-order chi connectivity index (χ1) is 7.09. The summed E-state index contributed by atoms with van der Waals surface area (Å²) in [6.07, 6.45) is 1.12. The van der Waals surface area contributed by atoms with E-state index >= 15 is 0 Å². The summed E-state index contributed by atoms with van der Waals surface area (Å²) in [6, 6.07) is 0. The van der Waals surface area contributed by atoms with Crippen molar-refractivity contribution in [1.29, 1.82) is 0 Å². The molecule has 6 heteroatoms. The van der Waals surface area contributed by atoms with Gasteiger partial charge in [-0.05, 0) is 42.3 Å². The molecule has 0 aromatic rings. The Balaban J connectivity index is -0.000000179. The van der Waals surface area contributed by atoms with Gasteiger partial charge in [0.1, 0.15) is 0 Å². The summed E-state index contributed by atoms with van der Waals surface area (Å²) in [5.74, 6) is -2.51. The number of hydrogen-bond acceptors (Lipinski definition) is 4. The van der Waals surface area contributed by atoms with E-state index in [1.807, 2.05) is 52.1 Å². The van der Waals surface area contributed by atoms with Gasteiger partial charge in [-0.1, -0.05) is 0 Å². The van der Waals surface area contributed by atoms with E-state index in [9.17, 15) is 9.59 Å². The fourth-order valence-electron chi connectivity index (χ4n) is 0.143. The normalized spacial score (nSPS) is 9.25. The maximum atomic E-state index is 9.55. The number of carbonyl (C=O) groups is 2. The fourth-order valence-corrected chi connectivity index (χ4v) is 0.143. The third-order valence-corrected chi connectivity index (χ3v) is 0.368. The Morgan fingerprint density at radius 3 is 0.938 bits per heavy atom. The highest BCUT2D eigenvalue weighted by molar-refractivity contribution is 5.89. The topological polar surface area (TPSA) is 81.1 Å². The third-order valence-electron chi connectivity index (χ3n) is 0.368. The third kappa shape index (κ3) is 131. The highest BCUT2D eigenvalue weighted by Crippen LogP contribution is 1.70. The smallest absolute Gasteiger partial charge is 0.328 e. The molecule has 0 radical (unpaired) electrons. The Kier molecular flexibility index (Phi) is 17.1. The number of carboxylic acids is 2. The maximum absolute atomic E-state index is 9.55. The zero-order valence-electron chi connectivity index (χ0n) is 10.8. The van der Waals surface area contributed by atoms with Crippen LogP contribution in [0.1, 0.15) is 0 Å². The summed E-state index contributed by atoms with van der Waals surface area (Å²) in [4.78, 5) is 23.1. The summed E-state index contributed by atoms with van der Waals surface area (Å²) < 4.78 is 0. The van der Waals surface area contributed by atoms with Gasteiger partial charge in [0.2, 0.25) is 0 Å². The molecule has 0 fully saturated rings. The monoisotopic (exact) mass is 234 g/mol. The van der Waals surface area contributed by atoms with Crippen LogP contribution >= 0.6 is 0 Å². The zero-order chi connectivity index (χ0) is 13.7. The molecule has 0 rings (SSSR count). The van der Waals surface area contributed by atoms with Gasteiger partial charge in [-0.2, -0.15) is 0 Å². The van der Waals surface area contributed by atoms with Crippen molar-refractivity contribution in [3.05, 3.63) is 12.2 Å². The lowest BCUT2D eigenvalue weighted by atomic mass is 10.5. The average Bonchev–Trinajstić information content (AvgIpc) is 1.98. The minimum Gasteiger partial charge on any atom is -0.478 e. The van der Waals surface area contributed by atoms with E-state index in [1.54, 1.807) is 0 Å². The summed E-state index contributed by atoms with van der Waals surface area (Å²) in [7, 11) is 12.0. The van der Waals surface area contributed by atoms with Gasteiger partial charge in [0.05, 0.1) is 0 Å². The molecule has 0 saturated carbocycles. The molecule has 0 aromatic heterocycles. The van der Waals surface area contributed by atoms with Crippen molar-refractivity contribution in [3.8, 4) is 0 Å². The van der Waals surface area contributed by atoms with Gasteiger partial charge in [-0.25, -0.2) is 9.59 Å². The van der Waals surface area contributed by atoms with Crippen LogP contribution in [0.2, 0.25) is 0 Å². The number of nitrogens with zero attached hydrogens (tertiary/aromatic N) is 2. The molecule has 0 saturated heterocycles. The second-order valence-electron chi connectivity index (χ2n) is 3.69. The van der Waals surface area contributed by atoms with E-state index in [2.05, 4.69) is 0 Å². The van der Waals surface area contributed by atoms with Crippen molar-refractivity contribution in [2.24, 2.45) is 0 Å². The van der Waals surface area contributed by atoms with Gasteiger partial charge in [-0.15, -0.1) is 0 Å². The first-order valence-corrected chi connectivity index (χ1v) is 4.45. The van der Waals surface area contributed by atoms with Gasteiger partial charge < -0.3 is 20.0 Å². The molecule has 0 unspecified atom stereocenters. The quantitative estimate of drug-likeness (QED) is 0.658. The van der Waals surface area contributed by atoms with E-state index in [4.69, 9.17) is 10.2 Å². The van der Waals surface area contributed by atoms with Crippen LogP contribution in [0.25, 0.3) is 0 Å². The minimum absolute atomic E-state index is 0.558. The van der Waals surface area contributed by atoms with Crippen LogP contribution in [0.5, 0.6) is 0 Å². The molecule has 6 nitrogen and oxygen atoms in total. The zero-order valence-corrected chi connectivity index (χ0v) is 10.8. The summed E-state index contributed by atoms with van der Waals surface area (Å²) in [6.45, 7) is 0.